The van der Waals surface area contributed by atoms with Gasteiger partial charge in [-0.3, -0.25) is 9.59 Å². The third-order valence-electron chi connectivity index (χ3n) is 5.63. The van der Waals surface area contributed by atoms with Crippen molar-refractivity contribution < 1.29 is 14.0 Å². The van der Waals surface area contributed by atoms with Crippen LogP contribution in [0.25, 0.3) is 11.0 Å². The van der Waals surface area contributed by atoms with Crippen molar-refractivity contribution in [1.29, 1.82) is 0 Å². The smallest absolute Gasteiger partial charge is 0.258 e. The number of nitrogens with one attached hydrogen (secondary N) is 3. The fourth-order valence-corrected chi connectivity index (χ4v) is 4.44. The molecular formula is C26H20Cl4FN5O2. The fourth-order valence-electron chi connectivity index (χ4n) is 3.57. The Bertz CT molecular complexity index is 1620. The minimum Gasteiger partial charge on any atom is -0.348 e. The Labute approximate surface area is 237 Å². The van der Waals surface area contributed by atoms with Crippen molar-refractivity contribution in [1.82, 2.24) is 14.9 Å². The van der Waals surface area contributed by atoms with Gasteiger partial charge >= 0.3 is 0 Å². The molecule has 0 fully saturated rings. The van der Waals surface area contributed by atoms with Gasteiger partial charge in [0.2, 0.25) is 11.9 Å². The molecule has 196 valence electrons. The van der Waals surface area contributed by atoms with Crippen LogP contribution in [0.2, 0.25) is 20.1 Å². The third kappa shape index (κ3) is 5.73. The maximum atomic E-state index is 15.0. The minimum atomic E-state index is -0.756. The fraction of sp³-hybridized carbons (Fsp3) is 0.115. The number of nitrogens with zero attached hydrogens (tertiary/aromatic N) is 2. The highest BCUT2D eigenvalue weighted by molar-refractivity contribution is 6.39. The van der Waals surface area contributed by atoms with E-state index in [9.17, 15) is 14.0 Å². The molecule has 0 aliphatic heterocycles. The molecule has 3 aromatic carbocycles. The van der Waals surface area contributed by atoms with Crippen LogP contribution in [0, 0.1) is 5.82 Å². The molecule has 0 bridgehead atoms. The lowest BCUT2D eigenvalue weighted by atomic mass is 10.1. The van der Waals surface area contributed by atoms with Crippen molar-refractivity contribution in [2.75, 3.05) is 10.6 Å². The lowest BCUT2D eigenvalue weighted by Gasteiger charge is -2.14. The van der Waals surface area contributed by atoms with Crippen LogP contribution in [0.3, 0.4) is 0 Å². The number of imidazole rings is 1. The van der Waals surface area contributed by atoms with Crippen LogP contribution < -0.4 is 16.0 Å². The number of rotatable bonds is 7. The van der Waals surface area contributed by atoms with E-state index in [4.69, 9.17) is 46.4 Å². The first-order valence-corrected chi connectivity index (χ1v) is 12.6. The molecule has 0 aliphatic rings. The average molecular weight is 595 g/mol. The highest BCUT2D eigenvalue weighted by Gasteiger charge is 2.20. The van der Waals surface area contributed by atoms with Gasteiger partial charge in [-0.15, -0.1) is 0 Å². The number of aromatic nitrogens is 2. The van der Waals surface area contributed by atoms with Crippen LogP contribution >= 0.6 is 46.4 Å². The predicted molar refractivity (Wildman–Crippen MR) is 151 cm³/mol. The van der Waals surface area contributed by atoms with Gasteiger partial charge in [0.05, 0.1) is 43.0 Å². The molecule has 0 spiro atoms. The maximum absolute atomic E-state index is 15.0. The Balaban J connectivity index is 1.64. The molecule has 4 rings (SSSR count). The summed E-state index contributed by atoms with van der Waals surface area (Å²) in [5, 5.41) is 9.56. The summed E-state index contributed by atoms with van der Waals surface area (Å²) < 4.78 is 16.6. The summed E-state index contributed by atoms with van der Waals surface area (Å²) in [6.07, 6.45) is 0. The number of benzene rings is 3. The summed E-state index contributed by atoms with van der Waals surface area (Å²) in [6.45, 7) is 5.36. The second-order valence-corrected chi connectivity index (χ2v) is 10.0. The van der Waals surface area contributed by atoms with Gasteiger partial charge in [-0.2, -0.15) is 0 Å². The lowest BCUT2D eigenvalue weighted by molar-refractivity contribution is -0.117. The molecule has 1 aromatic heterocycles. The summed E-state index contributed by atoms with van der Waals surface area (Å²) in [6, 6.07) is 10.4. The molecule has 12 heteroatoms. The number of fused-ring (bicyclic) bond motifs is 1. The van der Waals surface area contributed by atoms with Gasteiger partial charge < -0.3 is 20.5 Å². The molecule has 4 aromatic rings. The first kappa shape index (κ1) is 27.7. The summed E-state index contributed by atoms with van der Waals surface area (Å²) in [4.78, 5) is 29.2. The summed E-state index contributed by atoms with van der Waals surface area (Å²) in [7, 11) is 1.67. The molecule has 7 nitrogen and oxygen atoms in total. The molecular weight excluding hydrogens is 575 g/mol. The molecule has 1 heterocycles. The normalized spacial score (nSPS) is 10.9. The summed E-state index contributed by atoms with van der Waals surface area (Å²) in [5.41, 5.74) is 2.10. The summed E-state index contributed by atoms with van der Waals surface area (Å²) >= 11 is 25.1. The van der Waals surface area contributed by atoms with Crippen molar-refractivity contribution >= 4 is 86.6 Å². The number of carbonyl (C=O) groups excluding carboxylic acids is 2. The first-order valence-electron chi connectivity index (χ1n) is 11.1. The number of halogens is 5. The zero-order valence-electron chi connectivity index (χ0n) is 20.1. The molecule has 38 heavy (non-hydrogen) atoms. The number of carbonyl (C=O) groups is 2. The molecule has 0 saturated carbocycles. The largest absolute Gasteiger partial charge is 0.348 e. The van der Waals surface area contributed by atoms with E-state index in [-0.39, 0.29) is 33.7 Å². The zero-order valence-corrected chi connectivity index (χ0v) is 23.1. The van der Waals surface area contributed by atoms with Gasteiger partial charge in [-0.05, 0) is 42.8 Å². The second-order valence-electron chi connectivity index (χ2n) is 8.38. The highest BCUT2D eigenvalue weighted by atomic mass is 35.5. The molecule has 0 atom stereocenters. The Hall–Kier alpha value is -3.30. The van der Waals surface area contributed by atoms with Crippen LogP contribution in [-0.4, -0.2) is 21.4 Å². The SMILES string of the molecule is C=C(C)C(=O)NCc1ccc(Cl)c(Nc2nc3cc(C(=O)Nc4cc(Cl)ccc4Cl)c(F)cc3n2C)c1Cl. The van der Waals surface area contributed by atoms with E-state index >= 15 is 0 Å². The van der Waals surface area contributed by atoms with Crippen LogP contribution in [-0.2, 0) is 18.4 Å². The average Bonchev–Trinajstić information content (AvgIpc) is 3.16. The van der Waals surface area contributed by atoms with Crippen molar-refractivity contribution in [3.63, 3.8) is 0 Å². The Morgan fingerprint density at radius 1 is 1.05 bits per heavy atom. The maximum Gasteiger partial charge on any atom is 0.258 e. The van der Waals surface area contributed by atoms with Crippen LogP contribution in [0.5, 0.6) is 0 Å². The molecule has 0 saturated heterocycles. The quantitative estimate of drug-likeness (QED) is 0.193. The minimum absolute atomic E-state index is 0.152. The van der Waals surface area contributed by atoms with Crippen molar-refractivity contribution in [2.45, 2.75) is 13.5 Å². The van der Waals surface area contributed by atoms with E-state index in [1.165, 1.54) is 24.3 Å². The number of aryl methyl sites for hydroxylation is 1. The first-order chi connectivity index (χ1) is 18.0. The van der Waals surface area contributed by atoms with E-state index in [0.29, 0.717) is 43.9 Å². The van der Waals surface area contributed by atoms with Crippen molar-refractivity contribution in [3.8, 4) is 0 Å². The van der Waals surface area contributed by atoms with Gasteiger partial charge in [0, 0.05) is 30.3 Å². The number of anilines is 3. The Kier molecular flexibility index (Phi) is 8.18. The van der Waals surface area contributed by atoms with E-state index in [1.54, 1.807) is 36.7 Å². The Morgan fingerprint density at radius 3 is 2.47 bits per heavy atom. The van der Waals surface area contributed by atoms with Crippen LogP contribution in [0.4, 0.5) is 21.7 Å². The molecule has 3 N–H and O–H groups in total. The predicted octanol–water partition coefficient (Wildman–Crippen LogP) is 7.51. The van der Waals surface area contributed by atoms with E-state index in [2.05, 4.69) is 27.5 Å². The van der Waals surface area contributed by atoms with Crippen LogP contribution in [0.1, 0.15) is 22.8 Å². The standard InChI is InChI=1S/C26H20Cl4FN5O2/c1-12(2)24(37)32-11-13-4-6-17(29)23(22(13)30)35-26-34-20-9-15(18(31)10-21(20)36(26)3)25(38)33-19-8-14(27)5-7-16(19)28/h4-10H,1,11H2,2-3H3,(H,32,37)(H,33,38)(H,34,35). The van der Waals surface area contributed by atoms with E-state index in [1.807, 2.05) is 0 Å². The van der Waals surface area contributed by atoms with Crippen molar-refractivity contribution in [3.05, 3.63) is 91.7 Å². The van der Waals surface area contributed by atoms with Gasteiger partial charge in [-0.25, -0.2) is 9.37 Å². The monoisotopic (exact) mass is 593 g/mol. The van der Waals surface area contributed by atoms with Gasteiger partial charge in [0.15, 0.2) is 0 Å². The van der Waals surface area contributed by atoms with Gasteiger partial charge in [-0.1, -0.05) is 59.0 Å². The van der Waals surface area contributed by atoms with Gasteiger partial charge in [0.25, 0.3) is 5.91 Å². The molecule has 0 aliphatic carbocycles. The van der Waals surface area contributed by atoms with Crippen molar-refractivity contribution in [2.24, 2.45) is 7.05 Å². The van der Waals surface area contributed by atoms with E-state index in [0.717, 1.165) is 0 Å². The third-order valence-corrected chi connectivity index (χ3v) is 6.94. The lowest BCUT2D eigenvalue weighted by Crippen LogP contribution is -2.23. The highest BCUT2D eigenvalue weighted by Crippen LogP contribution is 2.36. The van der Waals surface area contributed by atoms with Gasteiger partial charge in [0.1, 0.15) is 5.82 Å². The second kappa shape index (κ2) is 11.2. The zero-order chi connectivity index (χ0) is 27.7. The molecule has 0 radical (unpaired) electrons. The molecule has 2 amide bonds. The number of hydrogen-bond donors (Lipinski definition) is 3. The Morgan fingerprint density at radius 2 is 1.76 bits per heavy atom. The summed E-state index contributed by atoms with van der Waals surface area (Å²) in [5.74, 6) is -1.49. The number of amides is 2. The molecule has 0 unspecified atom stereocenters. The topological polar surface area (TPSA) is 88.1 Å². The van der Waals surface area contributed by atoms with E-state index < -0.39 is 11.7 Å². The van der Waals surface area contributed by atoms with Crippen LogP contribution in [0.15, 0.2) is 54.6 Å². The number of hydrogen-bond acceptors (Lipinski definition) is 4.